The van der Waals surface area contributed by atoms with Crippen molar-refractivity contribution in [3.63, 3.8) is 0 Å². The summed E-state index contributed by atoms with van der Waals surface area (Å²) in [5.41, 5.74) is 7.93. The van der Waals surface area contributed by atoms with Crippen LogP contribution in [0.3, 0.4) is 0 Å². The Bertz CT molecular complexity index is 318. The van der Waals surface area contributed by atoms with Crippen molar-refractivity contribution < 1.29 is 4.74 Å². The van der Waals surface area contributed by atoms with Crippen LogP contribution in [0, 0.1) is 0 Å². The molecule has 1 aromatic rings. The lowest BCUT2D eigenvalue weighted by atomic mass is 10.1. The molecule has 76 valence electrons. The zero-order valence-corrected chi connectivity index (χ0v) is 8.79. The lowest BCUT2D eigenvalue weighted by Crippen LogP contribution is -1.97. The first-order valence-electron chi connectivity index (χ1n) is 4.75. The van der Waals surface area contributed by atoms with Gasteiger partial charge in [-0.3, -0.25) is 0 Å². The summed E-state index contributed by atoms with van der Waals surface area (Å²) in [5.74, 6) is 0.942. The molecular weight excluding hydrogens is 174 g/mol. The van der Waals surface area contributed by atoms with Gasteiger partial charge in [0.25, 0.3) is 0 Å². The predicted molar refractivity (Wildman–Crippen MR) is 59.5 cm³/mol. The average Bonchev–Trinajstić information content (AvgIpc) is 2.19. The molecule has 2 N–H and O–H groups in total. The van der Waals surface area contributed by atoms with Gasteiger partial charge in [0.05, 0.1) is 7.11 Å². The fourth-order valence-electron chi connectivity index (χ4n) is 1.42. The minimum atomic E-state index is 0.598. The molecule has 2 nitrogen and oxygen atoms in total. The molecule has 0 fully saturated rings. The van der Waals surface area contributed by atoms with E-state index in [1.54, 1.807) is 7.11 Å². The number of methoxy groups -OCH3 is 1. The van der Waals surface area contributed by atoms with Crippen LogP contribution in [0.4, 0.5) is 0 Å². The quantitative estimate of drug-likeness (QED) is 0.740. The van der Waals surface area contributed by atoms with Crippen molar-refractivity contribution in [3.8, 4) is 5.75 Å². The number of rotatable bonds is 4. The molecule has 0 spiro atoms. The normalized spacial score (nSPS) is 11.5. The maximum atomic E-state index is 5.45. The van der Waals surface area contributed by atoms with Crippen LogP contribution < -0.4 is 10.5 Å². The maximum Gasteiger partial charge on any atom is 0.122 e. The number of para-hydroxylation sites is 1. The average molecular weight is 191 g/mol. The van der Waals surface area contributed by atoms with E-state index in [2.05, 4.69) is 13.0 Å². The van der Waals surface area contributed by atoms with E-state index in [0.29, 0.717) is 6.54 Å². The van der Waals surface area contributed by atoms with Crippen LogP contribution in [0.5, 0.6) is 5.75 Å². The Hall–Kier alpha value is -1.28. The van der Waals surface area contributed by atoms with Gasteiger partial charge in [-0.25, -0.2) is 0 Å². The fraction of sp³-hybridized carbons (Fsp3) is 0.333. The molecule has 0 saturated carbocycles. The van der Waals surface area contributed by atoms with E-state index in [1.807, 2.05) is 24.3 Å². The summed E-state index contributed by atoms with van der Waals surface area (Å²) in [6, 6.07) is 8.05. The topological polar surface area (TPSA) is 35.2 Å². The van der Waals surface area contributed by atoms with Gasteiger partial charge in [0.2, 0.25) is 0 Å². The van der Waals surface area contributed by atoms with Crippen molar-refractivity contribution >= 4 is 0 Å². The molecule has 1 aromatic carbocycles. The van der Waals surface area contributed by atoms with Gasteiger partial charge in [-0.05, 0) is 25.0 Å². The van der Waals surface area contributed by atoms with Gasteiger partial charge < -0.3 is 10.5 Å². The zero-order valence-electron chi connectivity index (χ0n) is 8.79. The Labute approximate surface area is 85.4 Å². The van der Waals surface area contributed by atoms with Crippen LogP contribution in [0.25, 0.3) is 0 Å². The Morgan fingerprint density at radius 1 is 1.43 bits per heavy atom. The Balaban J connectivity index is 2.80. The Morgan fingerprint density at radius 3 is 2.79 bits per heavy atom. The number of hydrogen-bond donors (Lipinski definition) is 1. The molecule has 0 atom stereocenters. The third-order valence-electron chi connectivity index (χ3n) is 2.13. The molecule has 2 heteroatoms. The molecule has 0 aliphatic carbocycles. The maximum absolute atomic E-state index is 5.45. The fourth-order valence-corrected chi connectivity index (χ4v) is 1.42. The van der Waals surface area contributed by atoms with Crippen LogP contribution in [0.1, 0.15) is 12.5 Å². The van der Waals surface area contributed by atoms with E-state index >= 15 is 0 Å². The molecule has 14 heavy (non-hydrogen) atoms. The van der Waals surface area contributed by atoms with E-state index < -0.39 is 0 Å². The Morgan fingerprint density at radius 2 is 2.14 bits per heavy atom. The summed E-state index contributed by atoms with van der Waals surface area (Å²) < 4.78 is 5.27. The van der Waals surface area contributed by atoms with Crippen LogP contribution in [0.2, 0.25) is 0 Å². The van der Waals surface area contributed by atoms with Crippen LogP contribution in [-0.4, -0.2) is 13.7 Å². The van der Waals surface area contributed by atoms with Crippen molar-refractivity contribution in [3.05, 3.63) is 41.5 Å². The second-order valence-electron chi connectivity index (χ2n) is 3.27. The smallest absolute Gasteiger partial charge is 0.122 e. The van der Waals surface area contributed by atoms with Gasteiger partial charge in [-0.15, -0.1) is 0 Å². The zero-order chi connectivity index (χ0) is 10.4. The SMILES string of the molecule is COc1ccccc1CC(C)=CCN. The van der Waals surface area contributed by atoms with Crippen molar-refractivity contribution in [1.82, 2.24) is 0 Å². The molecule has 0 heterocycles. The van der Waals surface area contributed by atoms with Crippen LogP contribution in [-0.2, 0) is 6.42 Å². The molecule has 0 amide bonds. The number of hydrogen-bond acceptors (Lipinski definition) is 2. The van der Waals surface area contributed by atoms with Crippen molar-refractivity contribution in [2.75, 3.05) is 13.7 Å². The molecule has 0 radical (unpaired) electrons. The molecule has 0 unspecified atom stereocenters. The van der Waals surface area contributed by atoms with E-state index in [9.17, 15) is 0 Å². The van der Waals surface area contributed by atoms with Gasteiger partial charge >= 0.3 is 0 Å². The van der Waals surface area contributed by atoms with Gasteiger partial charge in [0.15, 0.2) is 0 Å². The van der Waals surface area contributed by atoms with Gasteiger partial charge in [-0.2, -0.15) is 0 Å². The molecule has 0 aliphatic rings. The molecule has 1 rings (SSSR count). The Kier molecular flexibility index (Phi) is 4.20. The number of ether oxygens (including phenoxy) is 1. The number of benzene rings is 1. The highest BCUT2D eigenvalue weighted by Crippen LogP contribution is 2.20. The summed E-state index contributed by atoms with van der Waals surface area (Å²) in [6.45, 7) is 2.68. The van der Waals surface area contributed by atoms with Gasteiger partial charge in [0.1, 0.15) is 5.75 Å². The minimum absolute atomic E-state index is 0.598. The summed E-state index contributed by atoms with van der Waals surface area (Å²) in [6.07, 6.45) is 2.94. The number of nitrogens with two attached hydrogens (primary N) is 1. The second kappa shape index (κ2) is 5.45. The van der Waals surface area contributed by atoms with Crippen molar-refractivity contribution in [2.45, 2.75) is 13.3 Å². The number of allylic oxidation sites excluding steroid dienone is 1. The minimum Gasteiger partial charge on any atom is -0.496 e. The molecular formula is C12H17NO. The molecule has 0 bridgehead atoms. The molecule has 0 aromatic heterocycles. The summed E-state index contributed by atoms with van der Waals surface area (Å²) in [4.78, 5) is 0. The van der Waals surface area contributed by atoms with Crippen molar-refractivity contribution in [1.29, 1.82) is 0 Å². The first kappa shape index (κ1) is 10.8. The van der Waals surface area contributed by atoms with E-state index in [-0.39, 0.29) is 0 Å². The highest BCUT2D eigenvalue weighted by molar-refractivity contribution is 5.36. The summed E-state index contributed by atoms with van der Waals surface area (Å²) in [5, 5.41) is 0. The lowest BCUT2D eigenvalue weighted by Gasteiger charge is -2.07. The largest absolute Gasteiger partial charge is 0.496 e. The lowest BCUT2D eigenvalue weighted by molar-refractivity contribution is 0.410. The monoisotopic (exact) mass is 191 g/mol. The highest BCUT2D eigenvalue weighted by Gasteiger charge is 2.01. The third kappa shape index (κ3) is 2.89. The van der Waals surface area contributed by atoms with Crippen LogP contribution >= 0.6 is 0 Å². The van der Waals surface area contributed by atoms with E-state index in [1.165, 1.54) is 11.1 Å². The first-order chi connectivity index (χ1) is 6.77. The highest BCUT2D eigenvalue weighted by atomic mass is 16.5. The predicted octanol–water partition coefficient (Wildman–Crippen LogP) is 2.14. The van der Waals surface area contributed by atoms with Crippen molar-refractivity contribution in [2.24, 2.45) is 5.73 Å². The first-order valence-corrected chi connectivity index (χ1v) is 4.75. The molecule has 0 saturated heterocycles. The second-order valence-corrected chi connectivity index (χ2v) is 3.27. The summed E-state index contributed by atoms with van der Waals surface area (Å²) in [7, 11) is 1.70. The van der Waals surface area contributed by atoms with E-state index in [4.69, 9.17) is 10.5 Å². The third-order valence-corrected chi connectivity index (χ3v) is 2.13. The summed E-state index contributed by atoms with van der Waals surface area (Å²) >= 11 is 0. The van der Waals surface area contributed by atoms with Crippen LogP contribution in [0.15, 0.2) is 35.9 Å². The standard InChI is InChI=1S/C12H17NO/c1-10(7-8-13)9-11-5-3-4-6-12(11)14-2/h3-7H,8-9,13H2,1-2H3. The van der Waals surface area contributed by atoms with E-state index in [0.717, 1.165) is 12.2 Å². The van der Waals surface area contributed by atoms with Gasteiger partial charge in [0, 0.05) is 6.54 Å². The van der Waals surface area contributed by atoms with Gasteiger partial charge in [-0.1, -0.05) is 29.8 Å². The molecule has 0 aliphatic heterocycles.